The summed E-state index contributed by atoms with van der Waals surface area (Å²) in [5.74, 6) is 1.66. The van der Waals surface area contributed by atoms with Crippen LogP contribution >= 0.6 is 11.6 Å². The standard InChI is InChI=1S/C12H12ClNO/c1-8-3-4-9(2)10(5-8)11-7-14-12(6-13)15-11/h3-5,7H,6H2,1-2H3. The molecule has 0 radical (unpaired) electrons. The highest BCUT2D eigenvalue weighted by molar-refractivity contribution is 6.16. The Morgan fingerprint density at radius 2 is 2.13 bits per heavy atom. The summed E-state index contributed by atoms with van der Waals surface area (Å²) >= 11 is 5.64. The summed E-state index contributed by atoms with van der Waals surface area (Å²) in [7, 11) is 0. The number of hydrogen-bond donors (Lipinski definition) is 0. The summed E-state index contributed by atoms with van der Waals surface area (Å²) in [5.41, 5.74) is 3.47. The predicted octanol–water partition coefficient (Wildman–Crippen LogP) is 3.70. The number of aromatic nitrogens is 1. The Bertz CT molecular complexity index is 476. The first-order valence-corrected chi connectivity index (χ1v) is 5.32. The van der Waals surface area contributed by atoms with Crippen LogP contribution in [0, 0.1) is 13.8 Å². The summed E-state index contributed by atoms with van der Waals surface area (Å²) in [6.07, 6.45) is 1.72. The molecule has 1 aromatic carbocycles. The fourth-order valence-corrected chi connectivity index (χ4v) is 1.62. The lowest BCUT2D eigenvalue weighted by molar-refractivity contribution is 0.528. The molecule has 2 nitrogen and oxygen atoms in total. The van der Waals surface area contributed by atoms with Gasteiger partial charge in [0.15, 0.2) is 5.76 Å². The van der Waals surface area contributed by atoms with Crippen molar-refractivity contribution in [1.82, 2.24) is 4.98 Å². The number of halogens is 1. The molecule has 1 heterocycles. The van der Waals surface area contributed by atoms with Crippen molar-refractivity contribution in [3.05, 3.63) is 41.4 Å². The van der Waals surface area contributed by atoms with Gasteiger partial charge in [0.25, 0.3) is 0 Å². The van der Waals surface area contributed by atoms with Crippen LogP contribution in [0.15, 0.2) is 28.8 Å². The average Bonchev–Trinajstić information content (AvgIpc) is 2.70. The van der Waals surface area contributed by atoms with E-state index < -0.39 is 0 Å². The van der Waals surface area contributed by atoms with Gasteiger partial charge in [0, 0.05) is 5.56 Å². The van der Waals surface area contributed by atoms with Gasteiger partial charge in [-0.2, -0.15) is 0 Å². The van der Waals surface area contributed by atoms with Crippen LogP contribution in [0.4, 0.5) is 0 Å². The van der Waals surface area contributed by atoms with Crippen LogP contribution in [0.3, 0.4) is 0 Å². The number of oxazole rings is 1. The minimum absolute atomic E-state index is 0.310. The van der Waals surface area contributed by atoms with Gasteiger partial charge >= 0.3 is 0 Å². The summed E-state index contributed by atoms with van der Waals surface area (Å²) in [4.78, 5) is 4.08. The van der Waals surface area contributed by atoms with Crippen LogP contribution in [-0.4, -0.2) is 4.98 Å². The molecule has 78 valence electrons. The van der Waals surface area contributed by atoms with Crippen molar-refractivity contribution in [1.29, 1.82) is 0 Å². The maximum Gasteiger partial charge on any atom is 0.209 e. The van der Waals surface area contributed by atoms with E-state index in [1.165, 1.54) is 11.1 Å². The molecule has 0 amide bonds. The van der Waals surface area contributed by atoms with Crippen molar-refractivity contribution in [2.45, 2.75) is 19.7 Å². The summed E-state index contributed by atoms with van der Waals surface area (Å²) < 4.78 is 5.51. The predicted molar refractivity (Wildman–Crippen MR) is 61.0 cm³/mol. The van der Waals surface area contributed by atoms with Crippen LogP contribution in [0.5, 0.6) is 0 Å². The highest BCUT2D eigenvalue weighted by atomic mass is 35.5. The van der Waals surface area contributed by atoms with E-state index >= 15 is 0 Å². The summed E-state index contributed by atoms with van der Waals surface area (Å²) in [6.45, 7) is 4.11. The Morgan fingerprint density at radius 3 is 2.80 bits per heavy atom. The van der Waals surface area contributed by atoms with Gasteiger partial charge in [0.1, 0.15) is 0 Å². The molecule has 0 unspecified atom stereocenters. The number of rotatable bonds is 2. The van der Waals surface area contributed by atoms with Crippen molar-refractivity contribution >= 4 is 11.6 Å². The van der Waals surface area contributed by atoms with Gasteiger partial charge in [-0.3, -0.25) is 0 Å². The molecule has 0 saturated carbocycles. The molecule has 0 bridgehead atoms. The quantitative estimate of drug-likeness (QED) is 0.723. The van der Waals surface area contributed by atoms with Gasteiger partial charge in [0.2, 0.25) is 5.89 Å². The minimum Gasteiger partial charge on any atom is -0.439 e. The van der Waals surface area contributed by atoms with Crippen molar-refractivity contribution in [3.8, 4) is 11.3 Å². The normalized spacial score (nSPS) is 10.6. The molecule has 1 aromatic heterocycles. The van der Waals surface area contributed by atoms with Crippen LogP contribution in [0.2, 0.25) is 0 Å². The van der Waals surface area contributed by atoms with E-state index in [1.54, 1.807) is 6.20 Å². The molecule has 0 aliphatic carbocycles. The molecule has 0 fully saturated rings. The molecule has 0 atom stereocenters. The van der Waals surface area contributed by atoms with E-state index in [1.807, 2.05) is 0 Å². The largest absolute Gasteiger partial charge is 0.439 e. The molecule has 0 spiro atoms. The second kappa shape index (κ2) is 4.07. The Morgan fingerprint density at radius 1 is 1.33 bits per heavy atom. The van der Waals surface area contributed by atoms with E-state index in [4.69, 9.17) is 16.0 Å². The van der Waals surface area contributed by atoms with Crippen molar-refractivity contribution in [2.24, 2.45) is 0 Å². The van der Waals surface area contributed by atoms with E-state index in [-0.39, 0.29) is 0 Å². The molecular weight excluding hydrogens is 210 g/mol. The zero-order chi connectivity index (χ0) is 10.8. The average molecular weight is 222 g/mol. The monoisotopic (exact) mass is 221 g/mol. The van der Waals surface area contributed by atoms with Gasteiger partial charge in [-0.1, -0.05) is 17.7 Å². The summed E-state index contributed by atoms with van der Waals surface area (Å²) in [5, 5.41) is 0. The number of nitrogens with zero attached hydrogens (tertiary/aromatic N) is 1. The van der Waals surface area contributed by atoms with Gasteiger partial charge in [-0.05, 0) is 25.5 Å². The van der Waals surface area contributed by atoms with Gasteiger partial charge < -0.3 is 4.42 Å². The topological polar surface area (TPSA) is 26.0 Å². The van der Waals surface area contributed by atoms with Gasteiger partial charge in [-0.15, -0.1) is 11.6 Å². The van der Waals surface area contributed by atoms with Crippen molar-refractivity contribution in [3.63, 3.8) is 0 Å². The maximum atomic E-state index is 5.64. The lowest BCUT2D eigenvalue weighted by Gasteiger charge is -2.02. The number of benzene rings is 1. The first-order chi connectivity index (χ1) is 7.20. The molecular formula is C12H12ClNO. The highest BCUT2D eigenvalue weighted by Gasteiger charge is 2.08. The van der Waals surface area contributed by atoms with Crippen LogP contribution in [0.25, 0.3) is 11.3 Å². The van der Waals surface area contributed by atoms with Crippen molar-refractivity contribution < 1.29 is 4.42 Å². The Hall–Kier alpha value is -1.28. The van der Waals surface area contributed by atoms with Gasteiger partial charge in [0.05, 0.1) is 12.1 Å². The maximum absolute atomic E-state index is 5.64. The van der Waals surface area contributed by atoms with Crippen LogP contribution < -0.4 is 0 Å². The number of alkyl halides is 1. The Labute approximate surface area is 93.9 Å². The van der Waals surface area contributed by atoms with E-state index in [9.17, 15) is 0 Å². The smallest absolute Gasteiger partial charge is 0.209 e. The molecule has 2 aromatic rings. The van der Waals surface area contributed by atoms with Crippen LogP contribution in [-0.2, 0) is 5.88 Å². The lowest BCUT2D eigenvalue weighted by atomic mass is 10.0. The molecule has 0 N–H and O–H groups in total. The van der Waals surface area contributed by atoms with E-state index in [0.717, 1.165) is 11.3 Å². The molecule has 0 saturated heterocycles. The SMILES string of the molecule is Cc1ccc(C)c(-c2cnc(CCl)o2)c1. The lowest BCUT2D eigenvalue weighted by Crippen LogP contribution is -1.82. The second-order valence-electron chi connectivity index (χ2n) is 3.57. The van der Waals surface area contributed by atoms with Crippen LogP contribution in [0.1, 0.15) is 17.0 Å². The molecule has 0 aliphatic heterocycles. The molecule has 0 aliphatic rings. The first kappa shape index (κ1) is 10.2. The Balaban J connectivity index is 2.48. The Kier molecular flexibility index (Phi) is 2.78. The number of aryl methyl sites for hydroxylation is 2. The minimum atomic E-state index is 0.310. The fourth-order valence-electron chi connectivity index (χ4n) is 1.50. The number of hydrogen-bond acceptors (Lipinski definition) is 2. The zero-order valence-electron chi connectivity index (χ0n) is 8.75. The molecule has 15 heavy (non-hydrogen) atoms. The highest BCUT2D eigenvalue weighted by Crippen LogP contribution is 2.25. The third kappa shape index (κ3) is 2.05. The van der Waals surface area contributed by atoms with Gasteiger partial charge in [-0.25, -0.2) is 4.98 Å². The summed E-state index contributed by atoms with van der Waals surface area (Å²) in [6, 6.07) is 6.25. The molecule has 2 rings (SSSR count). The third-order valence-corrected chi connectivity index (χ3v) is 2.56. The van der Waals surface area contributed by atoms with E-state index in [2.05, 4.69) is 37.0 Å². The first-order valence-electron chi connectivity index (χ1n) is 4.79. The third-order valence-electron chi connectivity index (χ3n) is 2.33. The fraction of sp³-hybridized carbons (Fsp3) is 0.250. The zero-order valence-corrected chi connectivity index (χ0v) is 9.51. The van der Waals surface area contributed by atoms with Crippen molar-refractivity contribution in [2.75, 3.05) is 0 Å². The van der Waals surface area contributed by atoms with E-state index in [0.29, 0.717) is 11.8 Å². The second-order valence-corrected chi connectivity index (χ2v) is 3.84. The molecule has 3 heteroatoms.